The van der Waals surface area contributed by atoms with Gasteiger partial charge in [-0.05, 0) is 30.9 Å². The number of likely N-dealkylation sites (N-methyl/N-ethyl adjacent to an activating group) is 1. The maximum absolute atomic E-state index is 12.0. The van der Waals surface area contributed by atoms with Gasteiger partial charge in [0.1, 0.15) is 0 Å². The molecule has 1 aromatic carbocycles. The van der Waals surface area contributed by atoms with E-state index in [-0.39, 0.29) is 5.91 Å². The molecule has 0 N–H and O–H groups in total. The molecule has 1 amide bonds. The standard InChI is InChI=1S/C15H22BrNO/c1-13-8-4-5-9-14(13)12-15(18)17(2)11-7-3-6-10-16/h4-5,8-9H,3,6-7,10-12H2,1-2H3. The van der Waals surface area contributed by atoms with Crippen molar-refractivity contribution in [2.24, 2.45) is 0 Å². The van der Waals surface area contributed by atoms with E-state index in [2.05, 4.69) is 28.9 Å². The largest absolute Gasteiger partial charge is 0.345 e. The number of carbonyl (C=O) groups is 1. The third-order valence-electron chi connectivity index (χ3n) is 3.16. The molecule has 18 heavy (non-hydrogen) atoms. The van der Waals surface area contributed by atoms with Crippen molar-refractivity contribution < 1.29 is 4.79 Å². The van der Waals surface area contributed by atoms with Crippen molar-refractivity contribution in [3.8, 4) is 0 Å². The molecule has 1 rings (SSSR count). The van der Waals surface area contributed by atoms with Crippen LogP contribution in [-0.4, -0.2) is 29.7 Å². The van der Waals surface area contributed by atoms with Gasteiger partial charge in [-0.15, -0.1) is 0 Å². The van der Waals surface area contributed by atoms with E-state index in [1.54, 1.807) is 0 Å². The quantitative estimate of drug-likeness (QED) is 0.557. The fourth-order valence-electron chi connectivity index (χ4n) is 1.85. The molecule has 0 aliphatic rings. The normalized spacial score (nSPS) is 10.4. The van der Waals surface area contributed by atoms with Crippen molar-refractivity contribution in [1.82, 2.24) is 4.90 Å². The Kier molecular flexibility index (Phi) is 7.02. The van der Waals surface area contributed by atoms with Crippen LogP contribution in [0.15, 0.2) is 24.3 Å². The third kappa shape index (κ3) is 5.21. The molecule has 100 valence electrons. The molecule has 0 heterocycles. The molecule has 1 aromatic rings. The van der Waals surface area contributed by atoms with Crippen LogP contribution in [0.1, 0.15) is 30.4 Å². The minimum absolute atomic E-state index is 0.211. The van der Waals surface area contributed by atoms with E-state index in [0.717, 1.165) is 23.9 Å². The van der Waals surface area contributed by atoms with Gasteiger partial charge in [0.15, 0.2) is 0 Å². The van der Waals surface area contributed by atoms with Crippen LogP contribution in [0.3, 0.4) is 0 Å². The Morgan fingerprint density at radius 2 is 1.94 bits per heavy atom. The number of hydrogen-bond donors (Lipinski definition) is 0. The fourth-order valence-corrected chi connectivity index (χ4v) is 2.25. The monoisotopic (exact) mass is 311 g/mol. The number of nitrogens with zero attached hydrogens (tertiary/aromatic N) is 1. The van der Waals surface area contributed by atoms with Crippen LogP contribution in [0.4, 0.5) is 0 Å². The van der Waals surface area contributed by atoms with Gasteiger partial charge in [0.05, 0.1) is 6.42 Å². The van der Waals surface area contributed by atoms with Crippen LogP contribution >= 0.6 is 15.9 Å². The maximum Gasteiger partial charge on any atom is 0.226 e. The second-order valence-electron chi connectivity index (χ2n) is 4.67. The molecule has 2 nitrogen and oxygen atoms in total. The molecule has 3 heteroatoms. The average molecular weight is 312 g/mol. The molecule has 0 aliphatic heterocycles. The molecule has 0 radical (unpaired) electrons. The number of unbranched alkanes of at least 4 members (excludes halogenated alkanes) is 2. The zero-order valence-corrected chi connectivity index (χ0v) is 12.9. The number of rotatable bonds is 7. The second kappa shape index (κ2) is 8.30. The van der Waals surface area contributed by atoms with Gasteiger partial charge >= 0.3 is 0 Å². The highest BCUT2D eigenvalue weighted by molar-refractivity contribution is 9.09. The fraction of sp³-hybridized carbons (Fsp3) is 0.533. The summed E-state index contributed by atoms with van der Waals surface area (Å²) in [4.78, 5) is 13.9. The number of hydrogen-bond acceptors (Lipinski definition) is 1. The Balaban J connectivity index is 2.38. The van der Waals surface area contributed by atoms with Crippen LogP contribution in [0.25, 0.3) is 0 Å². The van der Waals surface area contributed by atoms with Gasteiger partial charge in [0.2, 0.25) is 5.91 Å². The van der Waals surface area contributed by atoms with Gasteiger partial charge in [-0.2, -0.15) is 0 Å². The first-order valence-corrected chi connectivity index (χ1v) is 7.61. The van der Waals surface area contributed by atoms with Gasteiger partial charge in [-0.25, -0.2) is 0 Å². The van der Waals surface area contributed by atoms with E-state index >= 15 is 0 Å². The maximum atomic E-state index is 12.0. The first-order chi connectivity index (χ1) is 8.65. The van der Waals surface area contributed by atoms with Crippen molar-refractivity contribution in [3.63, 3.8) is 0 Å². The number of carbonyl (C=O) groups excluding carboxylic acids is 1. The summed E-state index contributed by atoms with van der Waals surface area (Å²) >= 11 is 3.42. The third-order valence-corrected chi connectivity index (χ3v) is 3.72. The first-order valence-electron chi connectivity index (χ1n) is 6.49. The topological polar surface area (TPSA) is 20.3 Å². The van der Waals surface area contributed by atoms with E-state index in [1.165, 1.54) is 18.4 Å². The van der Waals surface area contributed by atoms with Crippen LogP contribution in [-0.2, 0) is 11.2 Å². The predicted octanol–water partition coefficient (Wildman–Crippen LogP) is 3.56. The Labute approximate surface area is 119 Å². The molecule has 0 aromatic heterocycles. The summed E-state index contributed by atoms with van der Waals surface area (Å²) in [5, 5.41) is 1.05. The van der Waals surface area contributed by atoms with Crippen molar-refractivity contribution in [3.05, 3.63) is 35.4 Å². The Morgan fingerprint density at radius 1 is 1.22 bits per heavy atom. The number of amides is 1. The van der Waals surface area contributed by atoms with Gasteiger partial charge in [0, 0.05) is 18.9 Å². The number of benzene rings is 1. The van der Waals surface area contributed by atoms with E-state index in [9.17, 15) is 4.79 Å². The highest BCUT2D eigenvalue weighted by atomic mass is 79.9. The zero-order chi connectivity index (χ0) is 13.4. The van der Waals surface area contributed by atoms with Crippen LogP contribution < -0.4 is 0 Å². The molecule has 0 fully saturated rings. The molecule has 0 unspecified atom stereocenters. The predicted molar refractivity (Wildman–Crippen MR) is 80.2 cm³/mol. The van der Waals surface area contributed by atoms with Gasteiger partial charge in [-0.1, -0.05) is 46.6 Å². The van der Waals surface area contributed by atoms with Crippen molar-refractivity contribution in [1.29, 1.82) is 0 Å². The number of alkyl halides is 1. The SMILES string of the molecule is Cc1ccccc1CC(=O)N(C)CCCCCBr. The van der Waals surface area contributed by atoms with Crippen molar-refractivity contribution >= 4 is 21.8 Å². The highest BCUT2D eigenvalue weighted by Gasteiger charge is 2.10. The zero-order valence-electron chi connectivity index (χ0n) is 11.3. The Hall–Kier alpha value is -0.830. The molecule has 0 aliphatic carbocycles. The van der Waals surface area contributed by atoms with Gasteiger partial charge in [-0.3, -0.25) is 4.79 Å². The van der Waals surface area contributed by atoms with E-state index in [0.29, 0.717) is 6.42 Å². The van der Waals surface area contributed by atoms with E-state index in [4.69, 9.17) is 0 Å². The Morgan fingerprint density at radius 3 is 2.61 bits per heavy atom. The highest BCUT2D eigenvalue weighted by Crippen LogP contribution is 2.09. The molecule has 0 bridgehead atoms. The second-order valence-corrected chi connectivity index (χ2v) is 5.46. The average Bonchev–Trinajstić information content (AvgIpc) is 2.37. The first kappa shape index (κ1) is 15.2. The summed E-state index contributed by atoms with van der Waals surface area (Å²) in [7, 11) is 1.90. The lowest BCUT2D eigenvalue weighted by Gasteiger charge is -2.17. The summed E-state index contributed by atoms with van der Waals surface area (Å²) in [5.41, 5.74) is 2.33. The summed E-state index contributed by atoms with van der Waals surface area (Å²) in [6, 6.07) is 8.09. The molecular formula is C15H22BrNO. The van der Waals surface area contributed by atoms with Gasteiger partial charge < -0.3 is 4.90 Å². The van der Waals surface area contributed by atoms with Crippen molar-refractivity contribution in [2.45, 2.75) is 32.6 Å². The van der Waals surface area contributed by atoms with Gasteiger partial charge in [0.25, 0.3) is 0 Å². The molecule has 0 spiro atoms. The summed E-state index contributed by atoms with van der Waals surface area (Å²) in [6.45, 7) is 2.91. The lowest BCUT2D eigenvalue weighted by atomic mass is 10.1. The Bertz CT molecular complexity index is 379. The minimum atomic E-state index is 0.211. The lowest BCUT2D eigenvalue weighted by molar-refractivity contribution is -0.129. The minimum Gasteiger partial charge on any atom is -0.345 e. The summed E-state index contributed by atoms with van der Waals surface area (Å²) < 4.78 is 0. The molecule has 0 atom stereocenters. The van der Waals surface area contributed by atoms with Crippen LogP contribution in [0, 0.1) is 6.92 Å². The molecular weight excluding hydrogens is 290 g/mol. The number of aryl methyl sites for hydroxylation is 1. The molecule has 0 saturated carbocycles. The summed E-state index contributed by atoms with van der Waals surface area (Å²) in [5.74, 6) is 0.211. The van der Waals surface area contributed by atoms with Crippen LogP contribution in [0.2, 0.25) is 0 Å². The lowest BCUT2D eigenvalue weighted by Crippen LogP contribution is -2.29. The van der Waals surface area contributed by atoms with E-state index in [1.807, 2.05) is 30.1 Å². The van der Waals surface area contributed by atoms with E-state index < -0.39 is 0 Å². The van der Waals surface area contributed by atoms with Crippen molar-refractivity contribution in [2.75, 3.05) is 18.9 Å². The summed E-state index contributed by atoms with van der Waals surface area (Å²) in [6.07, 6.45) is 3.95. The van der Waals surface area contributed by atoms with Crippen LogP contribution in [0.5, 0.6) is 0 Å². The number of halogens is 1. The molecule has 0 saturated heterocycles. The smallest absolute Gasteiger partial charge is 0.226 e.